The third kappa shape index (κ3) is 2.54. The van der Waals surface area contributed by atoms with Gasteiger partial charge in [0.1, 0.15) is 5.76 Å². The third-order valence-corrected chi connectivity index (χ3v) is 3.19. The molecule has 19 heavy (non-hydrogen) atoms. The van der Waals surface area contributed by atoms with Gasteiger partial charge in [-0.05, 0) is 37.6 Å². The van der Waals surface area contributed by atoms with Crippen LogP contribution in [-0.4, -0.2) is 6.54 Å². The van der Waals surface area contributed by atoms with Gasteiger partial charge < -0.3 is 9.73 Å². The van der Waals surface area contributed by atoms with Crippen molar-refractivity contribution in [3.8, 4) is 0 Å². The summed E-state index contributed by atoms with van der Waals surface area (Å²) < 4.78 is 33.2. The number of furan rings is 1. The van der Waals surface area contributed by atoms with Crippen LogP contribution in [0.2, 0.25) is 0 Å². The van der Waals surface area contributed by atoms with Crippen molar-refractivity contribution < 1.29 is 13.2 Å². The van der Waals surface area contributed by atoms with Crippen molar-refractivity contribution in [2.45, 2.75) is 26.8 Å². The van der Waals surface area contributed by atoms with Crippen molar-refractivity contribution in [1.82, 2.24) is 5.32 Å². The summed E-state index contributed by atoms with van der Waals surface area (Å²) in [6.45, 7) is 5.96. The monoisotopic (exact) mass is 265 g/mol. The zero-order valence-electron chi connectivity index (χ0n) is 11.3. The topological polar surface area (TPSA) is 25.2 Å². The highest BCUT2D eigenvalue weighted by atomic mass is 19.2. The second-order valence-electron chi connectivity index (χ2n) is 4.56. The number of aryl methyl sites for hydroxylation is 2. The molecule has 0 aliphatic heterocycles. The van der Waals surface area contributed by atoms with Gasteiger partial charge in [0.15, 0.2) is 11.6 Å². The van der Waals surface area contributed by atoms with Crippen molar-refractivity contribution in [2.75, 3.05) is 6.54 Å². The Morgan fingerprint density at radius 3 is 2.42 bits per heavy atom. The highest BCUT2D eigenvalue weighted by Crippen LogP contribution is 2.29. The van der Waals surface area contributed by atoms with Crippen LogP contribution in [0.3, 0.4) is 0 Å². The molecule has 2 nitrogen and oxygen atoms in total. The van der Waals surface area contributed by atoms with E-state index in [4.69, 9.17) is 4.42 Å². The highest BCUT2D eigenvalue weighted by molar-refractivity contribution is 5.34. The van der Waals surface area contributed by atoms with E-state index >= 15 is 0 Å². The molecule has 0 amide bonds. The molecular formula is C15H17F2NO. The molecule has 0 spiro atoms. The predicted octanol–water partition coefficient (Wildman–Crippen LogP) is 3.87. The van der Waals surface area contributed by atoms with E-state index in [2.05, 4.69) is 5.32 Å². The maximum Gasteiger partial charge on any atom is 0.164 e. The first-order valence-electron chi connectivity index (χ1n) is 6.28. The molecule has 0 radical (unpaired) electrons. The van der Waals surface area contributed by atoms with E-state index in [1.54, 1.807) is 25.3 Å². The van der Waals surface area contributed by atoms with E-state index in [-0.39, 0.29) is 5.56 Å². The minimum atomic E-state index is -0.818. The number of hydrogen-bond acceptors (Lipinski definition) is 2. The van der Waals surface area contributed by atoms with Crippen LogP contribution in [0.4, 0.5) is 8.78 Å². The molecule has 0 saturated heterocycles. The molecule has 0 fully saturated rings. The minimum absolute atomic E-state index is 0.267. The average molecular weight is 265 g/mol. The van der Waals surface area contributed by atoms with Crippen molar-refractivity contribution >= 4 is 0 Å². The molecule has 0 aliphatic carbocycles. The van der Waals surface area contributed by atoms with Crippen molar-refractivity contribution in [2.24, 2.45) is 0 Å². The molecule has 1 heterocycles. The largest absolute Gasteiger partial charge is 0.467 e. The summed E-state index contributed by atoms with van der Waals surface area (Å²) in [4.78, 5) is 0. The first-order chi connectivity index (χ1) is 9.06. The number of benzene rings is 1. The second-order valence-corrected chi connectivity index (χ2v) is 4.56. The molecule has 1 atom stereocenters. The average Bonchev–Trinajstić information content (AvgIpc) is 2.80. The maximum absolute atomic E-state index is 14.1. The van der Waals surface area contributed by atoms with Crippen LogP contribution in [0.25, 0.3) is 0 Å². The Kier molecular flexibility index (Phi) is 4.00. The van der Waals surface area contributed by atoms with Gasteiger partial charge in [-0.3, -0.25) is 0 Å². The fourth-order valence-corrected chi connectivity index (χ4v) is 2.11. The molecule has 2 aromatic rings. The van der Waals surface area contributed by atoms with Gasteiger partial charge in [0.2, 0.25) is 0 Å². The quantitative estimate of drug-likeness (QED) is 0.907. The zero-order chi connectivity index (χ0) is 14.0. The minimum Gasteiger partial charge on any atom is -0.467 e. The predicted molar refractivity (Wildman–Crippen MR) is 70.1 cm³/mol. The van der Waals surface area contributed by atoms with Crippen molar-refractivity contribution in [1.29, 1.82) is 0 Å². The molecule has 1 N–H and O–H groups in total. The standard InChI is InChI=1S/C15H17F2NO/c1-4-18-14(15-10(3)7-8-19-15)11-6-5-9(2)12(16)13(11)17/h5-8,14,18H,4H2,1-3H3. The zero-order valence-corrected chi connectivity index (χ0v) is 11.3. The fourth-order valence-electron chi connectivity index (χ4n) is 2.11. The van der Waals surface area contributed by atoms with Gasteiger partial charge in [0.25, 0.3) is 0 Å². The van der Waals surface area contributed by atoms with Gasteiger partial charge in [-0.2, -0.15) is 0 Å². The Bertz CT molecular complexity index is 578. The van der Waals surface area contributed by atoms with Crippen molar-refractivity contribution in [3.63, 3.8) is 0 Å². The summed E-state index contributed by atoms with van der Waals surface area (Å²) in [5.74, 6) is -1.00. The van der Waals surface area contributed by atoms with Gasteiger partial charge in [-0.25, -0.2) is 8.78 Å². The SMILES string of the molecule is CCNC(c1ccc(C)c(F)c1F)c1occc1C. The Morgan fingerprint density at radius 2 is 1.84 bits per heavy atom. The molecule has 1 aromatic carbocycles. The molecule has 2 rings (SSSR count). The Balaban J connectivity index is 2.52. The van der Waals surface area contributed by atoms with E-state index in [9.17, 15) is 8.78 Å². The van der Waals surface area contributed by atoms with Gasteiger partial charge in [0.05, 0.1) is 12.3 Å². The summed E-state index contributed by atoms with van der Waals surface area (Å²) in [5, 5.41) is 3.13. The van der Waals surface area contributed by atoms with E-state index in [0.717, 1.165) is 5.56 Å². The summed E-state index contributed by atoms with van der Waals surface area (Å²) in [7, 11) is 0. The van der Waals surface area contributed by atoms with Crippen LogP contribution < -0.4 is 5.32 Å². The molecule has 1 aromatic heterocycles. The van der Waals surface area contributed by atoms with Crippen LogP contribution in [0, 0.1) is 25.5 Å². The highest BCUT2D eigenvalue weighted by Gasteiger charge is 2.24. The molecule has 4 heteroatoms. The normalized spacial score (nSPS) is 12.7. The second kappa shape index (κ2) is 5.53. The number of halogens is 2. The Labute approximate surface area is 111 Å². The van der Waals surface area contributed by atoms with Crippen LogP contribution in [-0.2, 0) is 0 Å². The molecule has 0 bridgehead atoms. The first kappa shape index (κ1) is 13.7. The molecule has 0 aliphatic rings. The Hall–Kier alpha value is -1.68. The number of hydrogen-bond donors (Lipinski definition) is 1. The lowest BCUT2D eigenvalue weighted by molar-refractivity contribution is 0.427. The number of rotatable bonds is 4. The summed E-state index contributed by atoms with van der Waals surface area (Å²) in [6, 6.07) is 4.51. The lowest BCUT2D eigenvalue weighted by Crippen LogP contribution is -2.23. The molecule has 0 saturated carbocycles. The summed E-state index contributed by atoms with van der Waals surface area (Å²) in [6.07, 6.45) is 1.55. The fraction of sp³-hybridized carbons (Fsp3) is 0.333. The Morgan fingerprint density at radius 1 is 1.11 bits per heavy atom. The van der Waals surface area contributed by atoms with Gasteiger partial charge in [0, 0.05) is 5.56 Å². The third-order valence-electron chi connectivity index (χ3n) is 3.19. The van der Waals surface area contributed by atoms with Crippen molar-refractivity contribution in [3.05, 3.63) is 58.5 Å². The summed E-state index contributed by atoms with van der Waals surface area (Å²) in [5.41, 5.74) is 1.47. The van der Waals surface area contributed by atoms with E-state index in [1.165, 1.54) is 0 Å². The van der Waals surface area contributed by atoms with Crippen LogP contribution in [0.5, 0.6) is 0 Å². The molecule has 102 valence electrons. The first-order valence-corrected chi connectivity index (χ1v) is 6.28. The lowest BCUT2D eigenvalue weighted by Gasteiger charge is -2.18. The van der Waals surface area contributed by atoms with E-state index in [1.807, 2.05) is 19.9 Å². The smallest absolute Gasteiger partial charge is 0.164 e. The van der Waals surface area contributed by atoms with Gasteiger partial charge >= 0.3 is 0 Å². The van der Waals surface area contributed by atoms with Gasteiger partial charge in [-0.1, -0.05) is 19.1 Å². The lowest BCUT2D eigenvalue weighted by atomic mass is 9.99. The van der Waals surface area contributed by atoms with Crippen LogP contribution >= 0.6 is 0 Å². The van der Waals surface area contributed by atoms with Crippen LogP contribution in [0.1, 0.15) is 35.4 Å². The van der Waals surface area contributed by atoms with E-state index < -0.39 is 17.7 Å². The van der Waals surface area contributed by atoms with Crippen LogP contribution in [0.15, 0.2) is 28.9 Å². The molecular weight excluding hydrogens is 248 g/mol. The van der Waals surface area contributed by atoms with Gasteiger partial charge in [-0.15, -0.1) is 0 Å². The maximum atomic E-state index is 14.1. The number of nitrogens with one attached hydrogen (secondary N) is 1. The molecule has 1 unspecified atom stereocenters. The summed E-state index contributed by atoms with van der Waals surface area (Å²) >= 11 is 0. The van der Waals surface area contributed by atoms with E-state index in [0.29, 0.717) is 17.9 Å².